The molecule has 364 valence electrons. The number of benzene rings is 6. The molecule has 1 aliphatic carbocycles. The van der Waals surface area contributed by atoms with Crippen molar-refractivity contribution in [3.63, 3.8) is 0 Å². The van der Waals surface area contributed by atoms with E-state index in [1.165, 1.54) is 134 Å². The van der Waals surface area contributed by atoms with E-state index < -0.39 is 0 Å². The molecule has 4 aliphatic rings. The molecular formula is C66H82BN3. The van der Waals surface area contributed by atoms with Crippen LogP contribution in [0.4, 0.5) is 45.5 Å². The van der Waals surface area contributed by atoms with Gasteiger partial charge < -0.3 is 14.7 Å². The van der Waals surface area contributed by atoms with Gasteiger partial charge >= 0.3 is 0 Å². The fourth-order valence-corrected chi connectivity index (χ4v) is 12.9. The van der Waals surface area contributed by atoms with Gasteiger partial charge in [0.1, 0.15) is 0 Å². The van der Waals surface area contributed by atoms with Gasteiger partial charge in [-0.2, -0.15) is 0 Å². The van der Waals surface area contributed by atoms with Crippen molar-refractivity contribution >= 4 is 68.6 Å². The lowest BCUT2D eigenvalue weighted by atomic mass is 9.33. The molecule has 2 unspecified atom stereocenters. The summed E-state index contributed by atoms with van der Waals surface area (Å²) < 4.78 is 0. The molecule has 0 bridgehead atoms. The van der Waals surface area contributed by atoms with Crippen molar-refractivity contribution in [3.05, 3.63) is 148 Å². The van der Waals surface area contributed by atoms with Crippen LogP contribution in [-0.2, 0) is 27.1 Å². The van der Waals surface area contributed by atoms with E-state index in [4.69, 9.17) is 0 Å². The molecule has 3 nitrogen and oxygen atoms in total. The van der Waals surface area contributed by atoms with E-state index in [-0.39, 0.29) is 39.3 Å². The highest BCUT2D eigenvalue weighted by Crippen LogP contribution is 2.60. The molecule has 3 heterocycles. The molecular weight excluding hydrogens is 846 g/mol. The average Bonchev–Trinajstić information content (AvgIpc) is 3.46. The number of hydrogen-bond donors (Lipinski definition) is 0. The third-order valence-electron chi connectivity index (χ3n) is 17.6. The monoisotopic (exact) mass is 928 g/mol. The Morgan fingerprint density at radius 3 is 1.60 bits per heavy atom. The van der Waals surface area contributed by atoms with Crippen molar-refractivity contribution in [1.29, 1.82) is 0 Å². The van der Waals surface area contributed by atoms with Gasteiger partial charge in [0.15, 0.2) is 0 Å². The predicted octanol–water partition coefficient (Wildman–Crippen LogP) is 16.9. The maximum atomic E-state index is 2.82. The standard InChI is InChI=1S/C66H82BN3/c1-42(2)44-22-31-55-51(37-44)65(16)34-20-18-19-21-35-66(65,17)70(55)50-29-30-52-57(41-50)68(49-27-23-45(24-28-49)61(4,5)6)58-39-48(64(13,14)15)40-59-60(58)67(52)53-38-47(63(10,11)12)26-33-56(53)69(59)54-32-25-46(36-43(54)3)62(7,8)9/h22-33,36-42H,18-21,34-35H2,1-17H3. The Kier molecular flexibility index (Phi) is 11.3. The van der Waals surface area contributed by atoms with E-state index in [0.717, 1.165) is 0 Å². The zero-order valence-corrected chi connectivity index (χ0v) is 46.1. The maximum absolute atomic E-state index is 2.82. The third-order valence-corrected chi connectivity index (χ3v) is 17.6. The van der Waals surface area contributed by atoms with Gasteiger partial charge in [-0.05, 0) is 164 Å². The molecule has 0 radical (unpaired) electrons. The van der Waals surface area contributed by atoms with Crippen molar-refractivity contribution in [2.75, 3.05) is 14.7 Å². The normalized spacial score (nSPS) is 20.1. The third kappa shape index (κ3) is 7.67. The van der Waals surface area contributed by atoms with Crippen molar-refractivity contribution in [1.82, 2.24) is 0 Å². The smallest absolute Gasteiger partial charge is 0.252 e. The van der Waals surface area contributed by atoms with Crippen LogP contribution in [0.25, 0.3) is 0 Å². The Morgan fingerprint density at radius 2 is 1.00 bits per heavy atom. The number of aryl methyl sites for hydroxylation is 1. The molecule has 0 saturated heterocycles. The van der Waals surface area contributed by atoms with Gasteiger partial charge in [0.05, 0.1) is 5.54 Å². The van der Waals surface area contributed by atoms with Crippen molar-refractivity contribution in [3.8, 4) is 0 Å². The SMILES string of the molecule is Cc1cc(C(C)(C)C)ccc1N1c2ccc(C(C)(C)C)cc2B2c3ccc(N4c5ccc(C(C)C)cc5C5(C)CCCCCCC45C)cc3N(c3ccc(C(C)(C)C)cc3)c3cc(C(C)(C)C)cc1c32. The fraction of sp³-hybridized carbons (Fsp3) is 0.455. The van der Waals surface area contributed by atoms with E-state index in [0.29, 0.717) is 5.92 Å². The largest absolute Gasteiger partial charge is 0.334 e. The Hall–Kier alpha value is -5.22. The second-order valence-corrected chi connectivity index (χ2v) is 26.9. The number of fused-ring (bicyclic) bond motifs is 7. The van der Waals surface area contributed by atoms with Gasteiger partial charge in [-0.3, -0.25) is 0 Å². The van der Waals surface area contributed by atoms with E-state index >= 15 is 0 Å². The van der Waals surface area contributed by atoms with E-state index in [1.54, 1.807) is 5.56 Å². The quantitative estimate of drug-likeness (QED) is 0.163. The zero-order chi connectivity index (χ0) is 50.2. The van der Waals surface area contributed by atoms with Gasteiger partial charge in [0.2, 0.25) is 0 Å². The van der Waals surface area contributed by atoms with Crippen LogP contribution in [0.2, 0.25) is 0 Å². The summed E-state index contributed by atoms with van der Waals surface area (Å²) in [6.45, 7) is 40.5. The van der Waals surface area contributed by atoms with Crippen LogP contribution in [0.3, 0.4) is 0 Å². The summed E-state index contributed by atoms with van der Waals surface area (Å²) in [5, 5.41) is 0. The number of nitrogens with zero attached hydrogens (tertiary/aromatic N) is 3. The molecule has 0 spiro atoms. The Labute approximate surface area is 424 Å². The molecule has 4 heteroatoms. The predicted molar refractivity (Wildman–Crippen MR) is 306 cm³/mol. The van der Waals surface area contributed by atoms with Crippen LogP contribution >= 0.6 is 0 Å². The lowest BCUT2D eigenvalue weighted by Crippen LogP contribution is -2.61. The van der Waals surface area contributed by atoms with Crippen LogP contribution in [0.5, 0.6) is 0 Å². The second-order valence-electron chi connectivity index (χ2n) is 26.9. The summed E-state index contributed by atoms with van der Waals surface area (Å²) in [7, 11) is 0. The summed E-state index contributed by atoms with van der Waals surface area (Å²) in [4.78, 5) is 8.13. The first-order valence-corrected chi connectivity index (χ1v) is 27.0. The van der Waals surface area contributed by atoms with Crippen LogP contribution in [-0.4, -0.2) is 12.3 Å². The fourth-order valence-electron chi connectivity index (χ4n) is 12.9. The molecule has 10 rings (SSSR count). The molecule has 6 aromatic carbocycles. The first kappa shape index (κ1) is 48.4. The molecule has 70 heavy (non-hydrogen) atoms. The first-order valence-electron chi connectivity index (χ1n) is 27.0. The van der Waals surface area contributed by atoms with Crippen LogP contribution < -0.4 is 31.1 Å². The zero-order valence-electron chi connectivity index (χ0n) is 46.1. The Balaban J connectivity index is 1.29. The summed E-state index contributed by atoms with van der Waals surface area (Å²) >= 11 is 0. The Bertz CT molecular complexity index is 3020. The molecule has 6 aromatic rings. The second kappa shape index (κ2) is 16.4. The van der Waals surface area contributed by atoms with Gasteiger partial charge in [-0.25, -0.2) is 0 Å². The molecule has 3 aliphatic heterocycles. The minimum absolute atomic E-state index is 0.0213. The number of anilines is 8. The highest BCUT2D eigenvalue weighted by molar-refractivity contribution is 7.00. The van der Waals surface area contributed by atoms with Crippen molar-refractivity contribution in [2.45, 2.75) is 195 Å². The van der Waals surface area contributed by atoms with Gasteiger partial charge in [0, 0.05) is 50.9 Å². The van der Waals surface area contributed by atoms with Crippen LogP contribution in [0.15, 0.2) is 109 Å². The van der Waals surface area contributed by atoms with Crippen LogP contribution in [0.1, 0.15) is 194 Å². The first-order chi connectivity index (χ1) is 32.7. The lowest BCUT2D eigenvalue weighted by Gasteiger charge is -2.49. The van der Waals surface area contributed by atoms with E-state index in [2.05, 4.69) is 242 Å². The van der Waals surface area contributed by atoms with Gasteiger partial charge in [0.25, 0.3) is 6.71 Å². The molecule has 1 fully saturated rings. The van der Waals surface area contributed by atoms with Gasteiger partial charge in [-0.15, -0.1) is 0 Å². The molecule has 0 amide bonds. The highest BCUT2D eigenvalue weighted by Gasteiger charge is 2.57. The summed E-state index contributed by atoms with van der Waals surface area (Å²) in [6.07, 6.45) is 7.53. The molecule has 0 aromatic heterocycles. The molecule has 0 N–H and O–H groups in total. The minimum Gasteiger partial charge on any atom is -0.334 e. The molecule has 1 saturated carbocycles. The van der Waals surface area contributed by atoms with E-state index in [9.17, 15) is 0 Å². The van der Waals surface area contributed by atoms with Crippen molar-refractivity contribution < 1.29 is 0 Å². The minimum atomic E-state index is -0.108. The molecule has 2 atom stereocenters. The summed E-state index contributed by atoms with van der Waals surface area (Å²) in [5.41, 5.74) is 24.0. The summed E-state index contributed by atoms with van der Waals surface area (Å²) in [5.74, 6) is 0.479. The highest BCUT2D eigenvalue weighted by atomic mass is 15.3. The van der Waals surface area contributed by atoms with Gasteiger partial charge in [-0.1, -0.05) is 184 Å². The number of hydrogen-bond acceptors (Lipinski definition) is 3. The topological polar surface area (TPSA) is 9.72 Å². The average molecular weight is 928 g/mol. The van der Waals surface area contributed by atoms with E-state index in [1.807, 2.05) is 0 Å². The summed E-state index contributed by atoms with van der Waals surface area (Å²) in [6, 6.07) is 44.5. The van der Waals surface area contributed by atoms with Crippen LogP contribution in [0, 0.1) is 6.92 Å². The Morgan fingerprint density at radius 1 is 0.457 bits per heavy atom. The maximum Gasteiger partial charge on any atom is 0.252 e. The number of rotatable bonds is 4. The lowest BCUT2D eigenvalue weighted by molar-refractivity contribution is 0.217. The van der Waals surface area contributed by atoms with Crippen molar-refractivity contribution in [2.24, 2.45) is 0 Å².